The molecule has 2 aliphatic heterocycles. The van der Waals surface area contributed by atoms with Gasteiger partial charge in [-0.15, -0.1) is 0 Å². The summed E-state index contributed by atoms with van der Waals surface area (Å²) in [6, 6.07) is 10.7. The average Bonchev–Trinajstić information content (AvgIpc) is 3.15. The molecule has 2 aromatic carbocycles. The van der Waals surface area contributed by atoms with Crippen molar-refractivity contribution in [3.05, 3.63) is 58.1 Å². The largest absolute Gasteiger partial charge is 0.293 e. The number of Topliss-reactive ketones (excluding diaryl/α,β-unsaturated/α-hetero) is 1. The second-order valence-corrected chi connectivity index (χ2v) is 7.53. The van der Waals surface area contributed by atoms with Crippen LogP contribution in [0.2, 0.25) is 10.0 Å². The number of ketones is 1. The third-order valence-electron chi connectivity index (χ3n) is 4.96. The van der Waals surface area contributed by atoms with Gasteiger partial charge in [0.15, 0.2) is 5.78 Å². The van der Waals surface area contributed by atoms with Gasteiger partial charge < -0.3 is 0 Å². The third kappa shape index (κ3) is 2.72. The Morgan fingerprint density at radius 2 is 1.79 bits per heavy atom. The summed E-state index contributed by atoms with van der Waals surface area (Å²) in [5, 5.41) is 6.68. The first-order valence-electron chi connectivity index (χ1n) is 8.58. The van der Waals surface area contributed by atoms with E-state index in [4.69, 9.17) is 23.2 Å². The predicted molar refractivity (Wildman–Crippen MR) is 108 cm³/mol. The molecular weight excluding hydrogens is 401 g/mol. The Labute approximate surface area is 171 Å². The Balaban J connectivity index is 1.85. The molecule has 0 saturated carbocycles. The quantitative estimate of drug-likeness (QED) is 0.717. The number of rotatable bonds is 3. The smallest absolute Gasteiger partial charge is 0.259 e. The number of hydrogen-bond donors (Lipinski definition) is 0. The van der Waals surface area contributed by atoms with E-state index in [-0.39, 0.29) is 11.5 Å². The Morgan fingerprint density at radius 1 is 1.07 bits per heavy atom. The molecule has 0 spiro atoms. The van der Waals surface area contributed by atoms with Crippen LogP contribution in [0.4, 0.5) is 11.4 Å². The van der Waals surface area contributed by atoms with Crippen LogP contribution in [0.5, 0.6) is 0 Å². The molecule has 8 heteroatoms. The molecule has 1 saturated heterocycles. The van der Waals surface area contributed by atoms with E-state index in [0.29, 0.717) is 27.0 Å². The monoisotopic (exact) mass is 415 g/mol. The lowest BCUT2D eigenvalue weighted by molar-refractivity contribution is -0.122. The summed E-state index contributed by atoms with van der Waals surface area (Å²) in [5.74, 6) is -2.28. The minimum Gasteiger partial charge on any atom is -0.293 e. The van der Waals surface area contributed by atoms with Gasteiger partial charge in [0.25, 0.3) is 5.91 Å². The minimum atomic E-state index is -0.970. The highest BCUT2D eigenvalue weighted by molar-refractivity contribution is 6.49. The lowest BCUT2D eigenvalue weighted by Crippen LogP contribution is -2.39. The fourth-order valence-corrected chi connectivity index (χ4v) is 3.97. The zero-order valence-corrected chi connectivity index (χ0v) is 16.5. The first kappa shape index (κ1) is 18.7. The summed E-state index contributed by atoms with van der Waals surface area (Å²) in [6.07, 6.45) is 0. The number of carbonyl (C=O) groups excluding carboxylic acids is 3. The first-order chi connectivity index (χ1) is 13.3. The minimum absolute atomic E-state index is 0.0623. The van der Waals surface area contributed by atoms with Gasteiger partial charge in [-0.3, -0.25) is 19.4 Å². The van der Waals surface area contributed by atoms with Crippen LogP contribution >= 0.6 is 23.2 Å². The molecule has 2 amide bonds. The number of anilines is 2. The second-order valence-electron chi connectivity index (χ2n) is 6.68. The number of carbonyl (C=O) groups is 3. The zero-order chi connectivity index (χ0) is 20.2. The fourth-order valence-electron chi connectivity index (χ4n) is 3.62. The van der Waals surface area contributed by atoms with Crippen molar-refractivity contribution < 1.29 is 14.4 Å². The van der Waals surface area contributed by atoms with Crippen LogP contribution < -0.4 is 9.91 Å². The maximum absolute atomic E-state index is 13.3. The number of halogens is 2. The van der Waals surface area contributed by atoms with E-state index in [1.165, 1.54) is 18.0 Å². The van der Waals surface area contributed by atoms with E-state index in [9.17, 15) is 14.4 Å². The molecule has 0 bridgehead atoms. The highest BCUT2D eigenvalue weighted by Gasteiger charge is 2.58. The van der Waals surface area contributed by atoms with Crippen molar-refractivity contribution in [2.45, 2.75) is 19.9 Å². The first-order valence-corrected chi connectivity index (χ1v) is 9.34. The molecule has 2 aromatic rings. The molecule has 4 rings (SSSR count). The van der Waals surface area contributed by atoms with Crippen molar-refractivity contribution in [2.75, 3.05) is 9.91 Å². The molecule has 0 aromatic heterocycles. The summed E-state index contributed by atoms with van der Waals surface area (Å²) in [4.78, 5) is 39.6. The van der Waals surface area contributed by atoms with E-state index < -0.39 is 23.8 Å². The van der Waals surface area contributed by atoms with E-state index in [0.717, 1.165) is 4.90 Å². The van der Waals surface area contributed by atoms with Gasteiger partial charge in [-0.05, 0) is 42.8 Å². The summed E-state index contributed by atoms with van der Waals surface area (Å²) in [5.41, 5.74) is 1.71. The number of imide groups is 1. The second kappa shape index (κ2) is 6.72. The molecule has 6 nitrogen and oxygen atoms in total. The van der Waals surface area contributed by atoms with E-state index >= 15 is 0 Å². The molecule has 0 aliphatic carbocycles. The van der Waals surface area contributed by atoms with Gasteiger partial charge in [-0.2, -0.15) is 5.10 Å². The van der Waals surface area contributed by atoms with Crippen molar-refractivity contribution in [1.82, 2.24) is 0 Å². The molecule has 0 radical (unpaired) electrons. The number of nitrogens with zero attached hydrogens (tertiary/aromatic N) is 3. The summed E-state index contributed by atoms with van der Waals surface area (Å²) in [7, 11) is 0. The molecule has 0 unspecified atom stereocenters. The van der Waals surface area contributed by atoms with Gasteiger partial charge in [0, 0.05) is 17.0 Å². The Morgan fingerprint density at radius 3 is 2.46 bits per heavy atom. The van der Waals surface area contributed by atoms with Crippen molar-refractivity contribution in [1.29, 1.82) is 0 Å². The van der Waals surface area contributed by atoms with Gasteiger partial charge in [-0.1, -0.05) is 35.3 Å². The van der Waals surface area contributed by atoms with Crippen molar-refractivity contribution >= 4 is 57.9 Å². The zero-order valence-electron chi connectivity index (χ0n) is 15.0. The molecule has 2 heterocycles. The van der Waals surface area contributed by atoms with Gasteiger partial charge in [0.1, 0.15) is 17.7 Å². The fraction of sp³-hybridized carbons (Fsp3) is 0.200. The third-order valence-corrected chi connectivity index (χ3v) is 5.61. The van der Waals surface area contributed by atoms with E-state index in [1.807, 2.05) is 0 Å². The lowest BCUT2D eigenvalue weighted by Gasteiger charge is -2.24. The number of benzene rings is 2. The highest BCUT2D eigenvalue weighted by atomic mass is 35.5. The van der Waals surface area contributed by atoms with Crippen LogP contribution in [0.15, 0.2) is 47.6 Å². The highest BCUT2D eigenvalue weighted by Crippen LogP contribution is 2.40. The van der Waals surface area contributed by atoms with Gasteiger partial charge in [0.05, 0.1) is 11.4 Å². The Kier molecular flexibility index (Phi) is 4.48. The van der Waals surface area contributed by atoms with Crippen LogP contribution in [0.1, 0.15) is 12.5 Å². The number of fused-ring (bicyclic) bond motifs is 1. The molecule has 2 aliphatic rings. The molecular formula is C20H15Cl2N3O3. The van der Waals surface area contributed by atoms with Gasteiger partial charge >= 0.3 is 0 Å². The molecule has 2 atom stereocenters. The van der Waals surface area contributed by atoms with Crippen LogP contribution in [-0.4, -0.2) is 29.4 Å². The van der Waals surface area contributed by atoms with Crippen molar-refractivity contribution in [2.24, 2.45) is 11.0 Å². The maximum Gasteiger partial charge on any atom is 0.259 e. The van der Waals surface area contributed by atoms with E-state index in [2.05, 4.69) is 5.10 Å². The Bertz CT molecular complexity index is 1070. The summed E-state index contributed by atoms with van der Waals surface area (Å²) in [6.45, 7) is 3.13. The van der Waals surface area contributed by atoms with Crippen molar-refractivity contribution in [3.8, 4) is 0 Å². The predicted octanol–water partition coefficient (Wildman–Crippen LogP) is 3.63. The lowest BCUT2D eigenvalue weighted by atomic mass is 9.95. The molecule has 1 fully saturated rings. The summed E-state index contributed by atoms with van der Waals surface area (Å²) < 4.78 is 0. The topological polar surface area (TPSA) is 70.1 Å². The number of hydrazone groups is 1. The standard InChI is InChI=1S/C20H15Cl2N3O3/c1-10-14(22)7-4-8-15(10)25-18-16(17(23-25)11(2)26)19(27)24(20(18)28)13-6-3-5-12(21)9-13/h3-9,16,18H,1-2H3/t16-,18+/m0/s1. The van der Waals surface area contributed by atoms with E-state index in [1.54, 1.807) is 43.3 Å². The normalized spacial score (nSPS) is 21.2. The summed E-state index contributed by atoms with van der Waals surface area (Å²) >= 11 is 12.3. The molecule has 142 valence electrons. The molecule has 28 heavy (non-hydrogen) atoms. The van der Waals surface area contributed by atoms with Gasteiger partial charge in [0.2, 0.25) is 5.91 Å². The number of amides is 2. The average molecular weight is 416 g/mol. The Hall–Kier alpha value is -2.70. The maximum atomic E-state index is 13.3. The van der Waals surface area contributed by atoms with Crippen LogP contribution in [-0.2, 0) is 14.4 Å². The number of hydrogen-bond acceptors (Lipinski definition) is 5. The molecule has 0 N–H and O–H groups in total. The van der Waals surface area contributed by atoms with Crippen LogP contribution in [0.25, 0.3) is 0 Å². The van der Waals surface area contributed by atoms with Crippen LogP contribution in [0.3, 0.4) is 0 Å². The van der Waals surface area contributed by atoms with Crippen LogP contribution in [0, 0.1) is 12.8 Å². The SMILES string of the molecule is CC(=O)C1=NN(c2cccc(Cl)c2C)[C@H]2C(=O)N(c3cccc(Cl)c3)C(=O)[C@@H]12. The van der Waals surface area contributed by atoms with Gasteiger partial charge in [-0.25, -0.2) is 4.90 Å². The van der Waals surface area contributed by atoms with Crippen molar-refractivity contribution in [3.63, 3.8) is 0 Å².